The Hall–Kier alpha value is 0.534. The van der Waals surface area contributed by atoms with Crippen molar-refractivity contribution in [3.8, 4) is 0 Å². The molecule has 1 aliphatic rings. The summed E-state index contributed by atoms with van der Waals surface area (Å²) in [6, 6.07) is 0. The first-order valence-corrected chi connectivity index (χ1v) is 4.55. The molecule has 0 heterocycles. The molecule has 0 saturated heterocycles. The van der Waals surface area contributed by atoms with Gasteiger partial charge in [0.15, 0.2) is 5.54 Å². The van der Waals surface area contributed by atoms with Crippen LogP contribution in [0.15, 0.2) is 0 Å². The Morgan fingerprint density at radius 1 is 1.46 bits per heavy atom. The summed E-state index contributed by atoms with van der Waals surface area (Å²) in [6.45, 7) is 3.14. The van der Waals surface area contributed by atoms with E-state index in [4.69, 9.17) is 0 Å². The number of hydrogen-bond donors (Lipinski definition) is 1. The zero-order valence-corrected chi connectivity index (χ0v) is 11.9. The van der Waals surface area contributed by atoms with Crippen molar-refractivity contribution in [1.82, 2.24) is 5.32 Å². The van der Waals surface area contributed by atoms with Crippen LogP contribution in [0.5, 0.6) is 0 Å². The Labute approximate surface area is 106 Å². The average molecular weight is 260 g/mol. The zero-order valence-electron chi connectivity index (χ0n) is 9.05. The second-order valence-corrected chi connectivity index (χ2v) is 4.11. The van der Waals surface area contributed by atoms with E-state index < -0.39 is 0 Å². The Kier molecular flexibility index (Phi) is 4.55. The van der Waals surface area contributed by atoms with Crippen molar-refractivity contribution >= 4 is 5.91 Å². The van der Waals surface area contributed by atoms with Crippen molar-refractivity contribution < 1.29 is 42.0 Å². The average Bonchev–Trinajstić information content (AvgIpc) is 2.83. The molecule has 1 radical (unpaired) electrons. The van der Waals surface area contributed by atoms with Gasteiger partial charge >= 0.3 is 0 Å². The number of nitrogens with one attached hydrogen (secondary N) is 1. The van der Waals surface area contributed by atoms with Crippen LogP contribution in [0.25, 0.3) is 0 Å². The van der Waals surface area contributed by atoms with E-state index >= 15 is 0 Å². The third-order valence-electron chi connectivity index (χ3n) is 3.32. The summed E-state index contributed by atoms with van der Waals surface area (Å²) in [5, 5.41) is 2.75. The van der Waals surface area contributed by atoms with Crippen LogP contribution in [0.4, 0.5) is 0 Å². The Morgan fingerprint density at radius 3 is 2.15 bits per heavy atom. The first-order valence-electron chi connectivity index (χ1n) is 4.55. The quantitative estimate of drug-likeness (QED) is 0.729. The van der Waals surface area contributed by atoms with Crippen molar-refractivity contribution in [2.75, 3.05) is 27.7 Å². The Balaban J connectivity index is 0.00000144. The summed E-state index contributed by atoms with van der Waals surface area (Å²) in [7, 11) is 5.97. The van der Waals surface area contributed by atoms with Gasteiger partial charge in [-0.25, -0.2) is 0 Å². The number of nitrogens with zero attached hydrogens (tertiary/aromatic N) is 1. The first kappa shape index (κ1) is 13.5. The molecule has 0 spiro atoms. The van der Waals surface area contributed by atoms with Crippen LogP contribution >= 0.6 is 0 Å². The summed E-state index contributed by atoms with van der Waals surface area (Å²) in [4.78, 5) is 11.6. The monoisotopic (exact) mass is 260 g/mol. The fraction of sp³-hybridized carbons (Fsp3) is 0.889. The van der Waals surface area contributed by atoms with Gasteiger partial charge in [0.25, 0.3) is 5.91 Å². The van der Waals surface area contributed by atoms with Crippen LogP contribution < -0.4 is 5.32 Å². The number of hydrogen-bond acceptors (Lipinski definition) is 1. The van der Waals surface area contributed by atoms with Gasteiger partial charge in [0, 0.05) is 52.6 Å². The van der Waals surface area contributed by atoms with Gasteiger partial charge in [0.1, 0.15) is 0 Å². The van der Waals surface area contributed by atoms with Crippen molar-refractivity contribution in [2.24, 2.45) is 0 Å². The maximum absolute atomic E-state index is 11.6. The molecule has 0 unspecified atom stereocenters. The van der Waals surface area contributed by atoms with Gasteiger partial charge in [0.05, 0.1) is 20.6 Å². The molecule has 3 nitrogen and oxygen atoms in total. The van der Waals surface area contributed by atoms with Crippen LogP contribution in [0.3, 0.4) is 0 Å². The van der Waals surface area contributed by atoms with Crippen LogP contribution in [-0.4, -0.2) is 43.6 Å². The molecule has 1 saturated carbocycles. The van der Waals surface area contributed by atoms with E-state index in [9.17, 15) is 4.79 Å². The Bertz CT molecular complexity index is 200. The largest absolute Gasteiger partial charge is 0.354 e. The van der Waals surface area contributed by atoms with Gasteiger partial charge in [0.2, 0.25) is 0 Å². The predicted octanol–water partition coefficient (Wildman–Crippen LogP) is 0.359. The van der Waals surface area contributed by atoms with Crippen LogP contribution in [0.1, 0.15) is 19.8 Å². The topological polar surface area (TPSA) is 29.1 Å². The van der Waals surface area contributed by atoms with Crippen LogP contribution in [0, 0.1) is 0 Å². The minimum atomic E-state index is -0.108. The number of carbonyl (C=O) groups is 1. The summed E-state index contributed by atoms with van der Waals surface area (Å²) in [5.41, 5.74) is -0.108. The van der Waals surface area contributed by atoms with E-state index in [0.29, 0.717) is 0 Å². The molecule has 1 amide bonds. The minimum absolute atomic E-state index is 0. The molecule has 1 aliphatic carbocycles. The molecular formula is C9H19N2OY+. The van der Waals surface area contributed by atoms with Gasteiger partial charge in [-0.1, -0.05) is 0 Å². The molecule has 0 atom stereocenters. The molecule has 1 rings (SSSR count). The standard InChI is InChI=1S/C9H18N2O.Y/c1-5-11(3,4)9(6-7-9)8(12)10-2;/h5-7H2,1-4H3;/p+1. The molecule has 13 heavy (non-hydrogen) atoms. The first-order chi connectivity index (χ1) is 5.50. The molecule has 0 aromatic rings. The Morgan fingerprint density at radius 2 is 1.92 bits per heavy atom. The second kappa shape index (κ2) is 4.37. The third kappa shape index (κ3) is 2.13. The van der Waals surface area contributed by atoms with Crippen molar-refractivity contribution in [1.29, 1.82) is 0 Å². The molecule has 0 aromatic carbocycles. The molecule has 0 aliphatic heterocycles. The summed E-state index contributed by atoms with van der Waals surface area (Å²) < 4.78 is 0.812. The zero-order chi connectivity index (χ0) is 9.41. The molecule has 0 aromatic heterocycles. The smallest absolute Gasteiger partial charge is 0.281 e. The number of likely N-dealkylation sites (N-methyl/N-ethyl adjacent to an activating group) is 2. The van der Waals surface area contributed by atoms with Gasteiger partial charge in [-0.15, -0.1) is 0 Å². The molecule has 1 fully saturated rings. The van der Waals surface area contributed by atoms with E-state index in [-0.39, 0.29) is 44.2 Å². The van der Waals surface area contributed by atoms with Crippen molar-refractivity contribution in [2.45, 2.75) is 25.3 Å². The van der Waals surface area contributed by atoms with Gasteiger partial charge in [-0.2, -0.15) is 0 Å². The molecule has 4 heteroatoms. The minimum Gasteiger partial charge on any atom is -0.354 e. The van der Waals surface area contributed by atoms with Crippen molar-refractivity contribution in [3.63, 3.8) is 0 Å². The van der Waals surface area contributed by atoms with Crippen LogP contribution in [-0.2, 0) is 37.5 Å². The van der Waals surface area contributed by atoms with E-state index in [1.807, 2.05) is 0 Å². The molecule has 1 N–H and O–H groups in total. The molecular weight excluding hydrogens is 241 g/mol. The summed E-state index contributed by atoms with van der Waals surface area (Å²) in [5.74, 6) is 0.203. The number of carbonyl (C=O) groups excluding carboxylic acids is 1. The van der Waals surface area contributed by atoms with Crippen molar-refractivity contribution in [3.05, 3.63) is 0 Å². The second-order valence-electron chi connectivity index (χ2n) is 4.11. The van der Waals surface area contributed by atoms with E-state index in [1.54, 1.807) is 7.05 Å². The normalized spacial score (nSPS) is 18.8. The van der Waals surface area contributed by atoms with E-state index in [0.717, 1.165) is 23.9 Å². The SMILES string of the molecule is CC[N+](C)(C)C1(C(=O)NC)CC1.[Y]. The fourth-order valence-corrected chi connectivity index (χ4v) is 1.76. The molecule has 73 valence electrons. The number of amides is 1. The summed E-state index contributed by atoms with van der Waals surface area (Å²) >= 11 is 0. The maximum atomic E-state index is 11.6. The third-order valence-corrected chi connectivity index (χ3v) is 3.32. The van der Waals surface area contributed by atoms with E-state index in [1.165, 1.54) is 0 Å². The predicted molar refractivity (Wildman–Crippen MR) is 48.7 cm³/mol. The van der Waals surface area contributed by atoms with E-state index in [2.05, 4.69) is 26.3 Å². The number of quaternary nitrogens is 1. The maximum Gasteiger partial charge on any atom is 0.281 e. The van der Waals surface area contributed by atoms with Gasteiger partial charge in [-0.05, 0) is 6.92 Å². The molecule has 0 bridgehead atoms. The van der Waals surface area contributed by atoms with Gasteiger partial charge in [-0.3, -0.25) is 4.79 Å². The van der Waals surface area contributed by atoms with Gasteiger partial charge < -0.3 is 9.80 Å². The fourth-order valence-electron chi connectivity index (χ4n) is 1.76. The van der Waals surface area contributed by atoms with Crippen LogP contribution in [0.2, 0.25) is 0 Å². The number of rotatable bonds is 3. The summed E-state index contributed by atoms with van der Waals surface area (Å²) in [6.07, 6.45) is 2.07.